The number of nitrogens with zero attached hydrogens (tertiary/aromatic N) is 1. The third-order valence-corrected chi connectivity index (χ3v) is 9.62. The van der Waals surface area contributed by atoms with E-state index in [2.05, 4.69) is 20.9 Å². The normalized spacial score (nSPS) is 13.2. The van der Waals surface area contributed by atoms with Crippen LogP contribution in [0, 0.1) is 0 Å². The summed E-state index contributed by atoms with van der Waals surface area (Å²) in [5.74, 6) is 0.497. The molecule has 1 aliphatic carbocycles. The SMILES string of the molecule is COC(=O)c1nc(NC(=O)CCCCCNc2ccc3c(cc2=O)[C@@H](NC(C)=O)CCc2cc(OC)c(OC)c(OC)c2-3)sc1-c1ccccc1. The number of aromatic nitrogens is 1. The maximum atomic E-state index is 13.5. The van der Waals surface area contributed by atoms with E-state index in [-0.39, 0.29) is 29.4 Å². The molecule has 2 amide bonds. The van der Waals surface area contributed by atoms with Gasteiger partial charge in [0.25, 0.3) is 0 Å². The van der Waals surface area contributed by atoms with Crippen LogP contribution in [0.4, 0.5) is 10.8 Å². The predicted octanol–water partition coefficient (Wildman–Crippen LogP) is 6.38. The molecule has 13 heteroatoms. The van der Waals surface area contributed by atoms with Gasteiger partial charge in [-0.15, -0.1) is 0 Å². The van der Waals surface area contributed by atoms with Crippen LogP contribution in [-0.4, -0.2) is 57.8 Å². The number of fused-ring (bicyclic) bond motifs is 3. The van der Waals surface area contributed by atoms with Gasteiger partial charge >= 0.3 is 5.97 Å². The first-order valence-corrected chi connectivity index (χ1v) is 17.5. The number of thiazole rings is 1. The smallest absolute Gasteiger partial charge is 0.358 e. The molecule has 0 spiro atoms. The number of benzene rings is 2. The molecule has 5 rings (SSSR count). The molecule has 4 aromatic rings. The Kier molecular flexibility index (Phi) is 12.3. The fourth-order valence-corrected chi connectivity index (χ4v) is 7.21. The molecule has 3 aromatic carbocycles. The van der Waals surface area contributed by atoms with Crippen LogP contribution in [-0.2, 0) is 20.7 Å². The minimum absolute atomic E-state index is 0.160. The summed E-state index contributed by atoms with van der Waals surface area (Å²) in [6, 6.07) is 16.1. The van der Waals surface area contributed by atoms with Crippen molar-refractivity contribution in [3.05, 3.63) is 81.6 Å². The van der Waals surface area contributed by atoms with Crippen LogP contribution < -0.4 is 35.6 Å². The Labute approximate surface area is 300 Å². The monoisotopic (exact) mass is 714 g/mol. The van der Waals surface area contributed by atoms with Crippen molar-refractivity contribution in [2.45, 2.75) is 51.5 Å². The van der Waals surface area contributed by atoms with Crippen LogP contribution in [0.15, 0.2) is 59.4 Å². The van der Waals surface area contributed by atoms with E-state index in [4.69, 9.17) is 18.9 Å². The summed E-state index contributed by atoms with van der Waals surface area (Å²) in [5, 5.41) is 9.42. The lowest BCUT2D eigenvalue weighted by Gasteiger charge is -2.19. The topological polar surface area (TPSA) is 154 Å². The number of aryl methyl sites for hydroxylation is 1. The summed E-state index contributed by atoms with van der Waals surface area (Å²) >= 11 is 1.22. The van der Waals surface area contributed by atoms with E-state index < -0.39 is 12.0 Å². The van der Waals surface area contributed by atoms with Gasteiger partial charge < -0.3 is 34.9 Å². The largest absolute Gasteiger partial charge is 0.493 e. The van der Waals surface area contributed by atoms with Crippen LogP contribution in [0.25, 0.3) is 21.6 Å². The zero-order valence-corrected chi connectivity index (χ0v) is 30.2. The zero-order valence-electron chi connectivity index (χ0n) is 29.3. The molecule has 0 radical (unpaired) electrons. The lowest BCUT2D eigenvalue weighted by Crippen LogP contribution is -2.26. The van der Waals surface area contributed by atoms with Crippen molar-refractivity contribution in [3.8, 4) is 38.8 Å². The van der Waals surface area contributed by atoms with Gasteiger partial charge in [0, 0.05) is 25.5 Å². The molecule has 51 heavy (non-hydrogen) atoms. The number of methoxy groups -OCH3 is 4. The fraction of sp³-hybridized carbons (Fsp3) is 0.342. The molecular weight excluding hydrogens is 673 g/mol. The minimum atomic E-state index is -0.569. The van der Waals surface area contributed by atoms with Crippen molar-refractivity contribution < 1.29 is 33.3 Å². The second kappa shape index (κ2) is 17.0. The second-order valence-corrected chi connectivity index (χ2v) is 12.9. The van der Waals surface area contributed by atoms with Gasteiger partial charge in [0.15, 0.2) is 22.3 Å². The maximum Gasteiger partial charge on any atom is 0.358 e. The number of unbranched alkanes of at least 4 members (excludes halogenated alkanes) is 2. The zero-order chi connectivity index (χ0) is 36.5. The first-order valence-electron chi connectivity index (χ1n) is 16.6. The van der Waals surface area contributed by atoms with Crippen molar-refractivity contribution in [2.24, 2.45) is 0 Å². The summed E-state index contributed by atoms with van der Waals surface area (Å²) in [7, 11) is 5.97. The van der Waals surface area contributed by atoms with E-state index in [1.165, 1.54) is 25.4 Å². The maximum absolute atomic E-state index is 13.5. The summed E-state index contributed by atoms with van der Waals surface area (Å²) in [6.45, 7) is 1.98. The predicted molar refractivity (Wildman–Crippen MR) is 197 cm³/mol. The first-order chi connectivity index (χ1) is 24.7. The van der Waals surface area contributed by atoms with Gasteiger partial charge in [-0.2, -0.15) is 0 Å². The number of nitrogens with one attached hydrogen (secondary N) is 3. The average Bonchev–Trinajstić information content (AvgIpc) is 3.41. The van der Waals surface area contributed by atoms with E-state index in [1.54, 1.807) is 33.5 Å². The molecular formula is C38H42N4O8S. The van der Waals surface area contributed by atoms with Gasteiger partial charge in [0.05, 0.1) is 45.0 Å². The van der Waals surface area contributed by atoms with Crippen molar-refractivity contribution >= 4 is 39.9 Å². The average molecular weight is 715 g/mol. The Bertz CT molecular complexity index is 1960. The van der Waals surface area contributed by atoms with Gasteiger partial charge in [-0.1, -0.05) is 54.2 Å². The summed E-state index contributed by atoms with van der Waals surface area (Å²) in [4.78, 5) is 55.8. The van der Waals surface area contributed by atoms with Crippen LogP contribution in [0.3, 0.4) is 0 Å². The van der Waals surface area contributed by atoms with Crippen LogP contribution in [0.2, 0.25) is 0 Å². The summed E-state index contributed by atoms with van der Waals surface area (Å²) < 4.78 is 22.0. The Hall–Kier alpha value is -5.43. The molecule has 0 aliphatic heterocycles. The van der Waals surface area contributed by atoms with Crippen LogP contribution in [0.1, 0.15) is 66.7 Å². The van der Waals surface area contributed by atoms with Crippen LogP contribution >= 0.6 is 11.3 Å². The van der Waals surface area contributed by atoms with Gasteiger partial charge in [-0.3, -0.25) is 14.4 Å². The van der Waals surface area contributed by atoms with Crippen molar-refractivity contribution in [1.29, 1.82) is 0 Å². The second-order valence-electron chi connectivity index (χ2n) is 11.9. The Morgan fingerprint density at radius 1 is 0.922 bits per heavy atom. The van der Waals surface area contributed by atoms with Gasteiger partial charge in [0.1, 0.15) is 0 Å². The summed E-state index contributed by atoms with van der Waals surface area (Å²) in [5.41, 5.74) is 4.36. The number of hydrogen-bond acceptors (Lipinski definition) is 11. The standard InChI is InChI=1S/C38H42N4O8S/c1-22(43)40-27-17-15-24-20-30(47-2)34(48-3)35(49-4)32(24)25-16-18-28(29(44)21-26(25)27)39-19-11-7-10-14-31(45)41-38-42-33(37(46)50-5)36(51-38)23-12-8-6-9-13-23/h6,8-9,12-13,16,18,20-21,27H,7,10-11,14-15,17,19H2,1-5H3,(H,39,44)(H,40,43)(H,41,42,45)/t27-/m0/s1. The molecule has 12 nitrogen and oxygen atoms in total. The van der Waals surface area contributed by atoms with Crippen LogP contribution in [0.5, 0.6) is 17.2 Å². The molecule has 3 N–H and O–H groups in total. The molecule has 0 saturated heterocycles. The van der Waals surface area contributed by atoms with E-state index in [9.17, 15) is 19.2 Å². The number of anilines is 2. The lowest BCUT2D eigenvalue weighted by molar-refractivity contribution is -0.119. The third kappa shape index (κ3) is 8.48. The van der Waals surface area contributed by atoms with E-state index >= 15 is 0 Å². The molecule has 1 aliphatic rings. The minimum Gasteiger partial charge on any atom is -0.493 e. The fourth-order valence-electron chi connectivity index (χ4n) is 6.24. The molecule has 0 unspecified atom stereocenters. The van der Waals surface area contributed by atoms with Crippen molar-refractivity contribution in [1.82, 2.24) is 10.3 Å². The number of hydrogen-bond donors (Lipinski definition) is 3. The molecule has 0 saturated carbocycles. The highest BCUT2D eigenvalue weighted by Gasteiger charge is 2.29. The molecule has 0 fully saturated rings. The first kappa shape index (κ1) is 36.8. The van der Waals surface area contributed by atoms with Crippen molar-refractivity contribution in [2.75, 3.05) is 45.6 Å². The van der Waals surface area contributed by atoms with E-state index in [1.807, 2.05) is 42.5 Å². The van der Waals surface area contributed by atoms with Crippen molar-refractivity contribution in [3.63, 3.8) is 0 Å². The number of amides is 2. The molecule has 268 valence electrons. The summed E-state index contributed by atoms with van der Waals surface area (Å²) in [6.07, 6.45) is 3.53. The highest BCUT2D eigenvalue weighted by molar-refractivity contribution is 7.19. The molecule has 1 heterocycles. The highest BCUT2D eigenvalue weighted by Crippen LogP contribution is 2.50. The van der Waals surface area contributed by atoms with E-state index in [0.717, 1.165) is 35.1 Å². The quantitative estimate of drug-likeness (QED) is 0.0990. The Morgan fingerprint density at radius 3 is 2.37 bits per heavy atom. The molecule has 0 bridgehead atoms. The Balaban J connectivity index is 1.25. The number of carbonyl (C=O) groups excluding carboxylic acids is 3. The molecule has 1 atom stereocenters. The van der Waals surface area contributed by atoms with Gasteiger partial charge in [-0.05, 0) is 66.1 Å². The van der Waals surface area contributed by atoms with Gasteiger partial charge in [-0.25, -0.2) is 9.78 Å². The molecule has 1 aromatic heterocycles. The number of carbonyl (C=O) groups is 3. The van der Waals surface area contributed by atoms with E-state index in [0.29, 0.717) is 64.3 Å². The number of ether oxygens (including phenoxy) is 4. The van der Waals surface area contributed by atoms with Gasteiger partial charge in [0.2, 0.25) is 23.0 Å². The number of rotatable bonds is 14. The lowest BCUT2D eigenvalue weighted by atomic mass is 9.95. The highest BCUT2D eigenvalue weighted by atomic mass is 32.1. The third-order valence-electron chi connectivity index (χ3n) is 8.60. The number of esters is 1. The Morgan fingerprint density at radius 2 is 1.69 bits per heavy atom.